The molecule has 0 aliphatic carbocycles. The van der Waals surface area contributed by atoms with Crippen LogP contribution >= 0.6 is 11.6 Å². The molecule has 0 aliphatic rings. The summed E-state index contributed by atoms with van der Waals surface area (Å²) in [6.07, 6.45) is 1.59. The predicted octanol–water partition coefficient (Wildman–Crippen LogP) is 1.95. The van der Waals surface area contributed by atoms with Gasteiger partial charge in [-0.1, -0.05) is 11.6 Å². The minimum atomic E-state index is 0.202. The molecule has 0 atom stereocenters. The summed E-state index contributed by atoms with van der Waals surface area (Å²) in [5.41, 5.74) is 6.48. The molecular weight excluding hydrogens is 214 g/mol. The number of aliphatic hydroxyl groups excluding tert-OH is 1. The summed E-state index contributed by atoms with van der Waals surface area (Å²) in [7, 11) is 0. The molecule has 0 radical (unpaired) electrons. The summed E-state index contributed by atoms with van der Waals surface area (Å²) in [4.78, 5) is 0. The lowest BCUT2D eigenvalue weighted by Crippen LogP contribution is -2.04. The molecule has 1 aromatic rings. The van der Waals surface area contributed by atoms with E-state index in [0.717, 1.165) is 24.2 Å². The van der Waals surface area contributed by atoms with Crippen molar-refractivity contribution in [3.8, 4) is 5.75 Å². The molecule has 0 fully saturated rings. The Morgan fingerprint density at radius 2 is 2.13 bits per heavy atom. The maximum Gasteiger partial charge on any atom is 0.123 e. The topological polar surface area (TPSA) is 55.5 Å². The van der Waals surface area contributed by atoms with Gasteiger partial charge in [0.05, 0.1) is 6.61 Å². The van der Waals surface area contributed by atoms with Crippen molar-refractivity contribution in [3.05, 3.63) is 28.8 Å². The van der Waals surface area contributed by atoms with Crippen molar-refractivity contribution < 1.29 is 9.84 Å². The fourth-order valence-electron chi connectivity index (χ4n) is 1.24. The molecule has 1 rings (SSSR count). The molecule has 0 saturated carbocycles. The van der Waals surface area contributed by atoms with E-state index in [1.165, 1.54) is 0 Å². The summed E-state index contributed by atoms with van der Waals surface area (Å²) in [5, 5.41) is 9.27. The van der Waals surface area contributed by atoms with Gasteiger partial charge in [-0.25, -0.2) is 0 Å². The highest BCUT2D eigenvalue weighted by molar-refractivity contribution is 6.30. The number of unbranched alkanes of at least 4 members (excludes halogenated alkanes) is 1. The van der Waals surface area contributed by atoms with Crippen molar-refractivity contribution in [3.63, 3.8) is 0 Å². The molecule has 0 aliphatic heterocycles. The van der Waals surface area contributed by atoms with E-state index >= 15 is 0 Å². The van der Waals surface area contributed by atoms with Crippen LogP contribution in [0, 0.1) is 0 Å². The van der Waals surface area contributed by atoms with Crippen LogP contribution in [0.5, 0.6) is 5.75 Å². The molecule has 3 N–H and O–H groups in total. The Balaban J connectivity index is 2.52. The van der Waals surface area contributed by atoms with Crippen LogP contribution in [0.3, 0.4) is 0 Å². The molecule has 0 saturated heterocycles. The second kappa shape index (κ2) is 6.67. The van der Waals surface area contributed by atoms with Gasteiger partial charge in [0.25, 0.3) is 0 Å². The average Bonchev–Trinajstić information content (AvgIpc) is 2.26. The summed E-state index contributed by atoms with van der Waals surface area (Å²) in [6, 6.07) is 5.41. The van der Waals surface area contributed by atoms with Crippen LogP contribution in [0.25, 0.3) is 0 Å². The Morgan fingerprint density at radius 3 is 2.80 bits per heavy atom. The van der Waals surface area contributed by atoms with Crippen LogP contribution in [-0.4, -0.2) is 18.3 Å². The van der Waals surface area contributed by atoms with E-state index in [0.29, 0.717) is 18.2 Å². The first kappa shape index (κ1) is 12.3. The molecule has 1 aromatic carbocycles. The maximum atomic E-state index is 8.61. The zero-order valence-electron chi connectivity index (χ0n) is 8.58. The highest BCUT2D eigenvalue weighted by Crippen LogP contribution is 2.22. The van der Waals surface area contributed by atoms with Gasteiger partial charge in [-0.15, -0.1) is 0 Å². The third kappa shape index (κ3) is 4.08. The van der Waals surface area contributed by atoms with E-state index in [-0.39, 0.29) is 6.61 Å². The number of hydrogen-bond acceptors (Lipinski definition) is 3. The highest BCUT2D eigenvalue weighted by atomic mass is 35.5. The maximum absolute atomic E-state index is 8.61. The smallest absolute Gasteiger partial charge is 0.123 e. The third-order valence-corrected chi connectivity index (χ3v) is 2.29. The van der Waals surface area contributed by atoms with Gasteiger partial charge in [0.2, 0.25) is 0 Å². The molecule has 0 amide bonds. The van der Waals surface area contributed by atoms with Crippen LogP contribution < -0.4 is 10.5 Å². The lowest BCUT2D eigenvalue weighted by molar-refractivity contribution is 0.252. The third-order valence-electron chi connectivity index (χ3n) is 2.05. The first-order valence-corrected chi connectivity index (χ1v) is 5.38. The van der Waals surface area contributed by atoms with E-state index in [2.05, 4.69) is 0 Å². The quantitative estimate of drug-likeness (QED) is 0.734. The second-order valence-corrected chi connectivity index (χ2v) is 3.67. The number of rotatable bonds is 6. The Morgan fingerprint density at radius 1 is 1.33 bits per heavy atom. The Bertz CT molecular complexity index is 305. The molecule has 4 heteroatoms. The van der Waals surface area contributed by atoms with Crippen molar-refractivity contribution in [2.45, 2.75) is 19.4 Å². The molecule has 0 heterocycles. The molecular formula is C11H16ClNO2. The van der Waals surface area contributed by atoms with Gasteiger partial charge >= 0.3 is 0 Å². The second-order valence-electron chi connectivity index (χ2n) is 3.24. The van der Waals surface area contributed by atoms with Gasteiger partial charge in [0, 0.05) is 23.7 Å². The average molecular weight is 230 g/mol. The van der Waals surface area contributed by atoms with Crippen molar-refractivity contribution in [1.29, 1.82) is 0 Å². The SMILES string of the molecule is NCc1cc(Cl)ccc1OCCCCO. The fraction of sp³-hybridized carbons (Fsp3) is 0.455. The van der Waals surface area contributed by atoms with E-state index in [1.807, 2.05) is 12.1 Å². The van der Waals surface area contributed by atoms with E-state index in [1.54, 1.807) is 6.07 Å². The number of benzene rings is 1. The van der Waals surface area contributed by atoms with E-state index < -0.39 is 0 Å². The first-order valence-electron chi connectivity index (χ1n) is 5.00. The van der Waals surface area contributed by atoms with Crippen LogP contribution in [-0.2, 0) is 6.54 Å². The van der Waals surface area contributed by atoms with Gasteiger partial charge in [0.1, 0.15) is 5.75 Å². The molecule has 3 nitrogen and oxygen atoms in total. The zero-order chi connectivity index (χ0) is 11.1. The highest BCUT2D eigenvalue weighted by Gasteiger charge is 2.02. The van der Waals surface area contributed by atoms with Crippen LogP contribution in [0.15, 0.2) is 18.2 Å². The first-order chi connectivity index (χ1) is 7.27. The summed E-state index contributed by atoms with van der Waals surface area (Å²) < 4.78 is 5.54. The minimum Gasteiger partial charge on any atom is -0.493 e. The van der Waals surface area contributed by atoms with E-state index in [4.69, 9.17) is 27.2 Å². The number of hydrogen-bond donors (Lipinski definition) is 2. The zero-order valence-corrected chi connectivity index (χ0v) is 9.33. The van der Waals surface area contributed by atoms with Gasteiger partial charge in [-0.3, -0.25) is 0 Å². The number of halogens is 1. The van der Waals surface area contributed by atoms with Crippen LogP contribution in [0.2, 0.25) is 5.02 Å². The van der Waals surface area contributed by atoms with Gasteiger partial charge in [-0.05, 0) is 31.0 Å². The fourth-order valence-corrected chi connectivity index (χ4v) is 1.44. The minimum absolute atomic E-state index is 0.202. The largest absolute Gasteiger partial charge is 0.493 e. The van der Waals surface area contributed by atoms with E-state index in [9.17, 15) is 0 Å². The summed E-state index contributed by atoms with van der Waals surface area (Å²) in [5.74, 6) is 0.778. The van der Waals surface area contributed by atoms with Crippen molar-refractivity contribution in [2.24, 2.45) is 5.73 Å². The molecule has 0 bridgehead atoms. The number of nitrogens with two attached hydrogens (primary N) is 1. The molecule has 84 valence electrons. The molecule has 0 aromatic heterocycles. The van der Waals surface area contributed by atoms with Crippen LogP contribution in [0.1, 0.15) is 18.4 Å². The van der Waals surface area contributed by atoms with Crippen molar-refractivity contribution in [2.75, 3.05) is 13.2 Å². The number of aliphatic hydroxyl groups is 1. The van der Waals surface area contributed by atoms with Gasteiger partial charge < -0.3 is 15.6 Å². The van der Waals surface area contributed by atoms with Crippen LogP contribution in [0.4, 0.5) is 0 Å². The van der Waals surface area contributed by atoms with Crippen molar-refractivity contribution in [1.82, 2.24) is 0 Å². The Kier molecular flexibility index (Phi) is 5.47. The molecule has 0 unspecified atom stereocenters. The number of ether oxygens (including phenoxy) is 1. The molecule has 0 spiro atoms. The van der Waals surface area contributed by atoms with Crippen molar-refractivity contribution >= 4 is 11.6 Å². The van der Waals surface area contributed by atoms with Gasteiger partial charge in [0.15, 0.2) is 0 Å². The lowest BCUT2D eigenvalue weighted by atomic mass is 10.2. The van der Waals surface area contributed by atoms with Gasteiger partial charge in [-0.2, -0.15) is 0 Å². The predicted molar refractivity (Wildman–Crippen MR) is 61.2 cm³/mol. The lowest BCUT2D eigenvalue weighted by Gasteiger charge is -2.10. The standard InChI is InChI=1S/C11H16ClNO2/c12-10-3-4-11(9(7-10)8-13)15-6-2-1-5-14/h3-4,7,14H,1-2,5-6,8,13H2. The monoisotopic (exact) mass is 229 g/mol. The normalized spacial score (nSPS) is 10.3. The molecule has 15 heavy (non-hydrogen) atoms. The summed E-state index contributed by atoms with van der Waals surface area (Å²) in [6.45, 7) is 1.21. The summed E-state index contributed by atoms with van der Waals surface area (Å²) >= 11 is 5.84. The Labute approximate surface area is 94.8 Å². The Hall–Kier alpha value is -0.770.